The average molecular weight is 262 g/mol. The van der Waals surface area contributed by atoms with Gasteiger partial charge < -0.3 is 4.90 Å². The molecule has 96 valence electrons. The Morgan fingerprint density at radius 1 is 1.44 bits per heavy atom. The van der Waals surface area contributed by atoms with E-state index in [1.165, 1.54) is 37.1 Å². The third-order valence-corrected chi connectivity index (χ3v) is 6.19. The molecule has 1 amide bonds. The van der Waals surface area contributed by atoms with Crippen LogP contribution in [0.3, 0.4) is 0 Å². The molecule has 2 heterocycles. The summed E-state index contributed by atoms with van der Waals surface area (Å²) >= 11 is 1.74. The van der Waals surface area contributed by atoms with Crippen LogP contribution in [0.5, 0.6) is 0 Å². The largest absolute Gasteiger partial charge is 0.342 e. The molecule has 3 unspecified atom stereocenters. The van der Waals surface area contributed by atoms with Gasteiger partial charge >= 0.3 is 0 Å². The molecule has 1 saturated heterocycles. The van der Waals surface area contributed by atoms with Crippen LogP contribution >= 0.6 is 11.3 Å². The fourth-order valence-corrected chi connectivity index (χ4v) is 5.26. The highest BCUT2D eigenvalue weighted by atomic mass is 32.1. The normalized spacial score (nSPS) is 37.9. The zero-order valence-electron chi connectivity index (χ0n) is 10.5. The van der Waals surface area contributed by atoms with Gasteiger partial charge in [-0.1, -0.05) is 0 Å². The second kappa shape index (κ2) is 3.80. The summed E-state index contributed by atoms with van der Waals surface area (Å²) in [6.45, 7) is 1.96. The van der Waals surface area contributed by atoms with Crippen LogP contribution in [-0.2, 0) is 10.2 Å². The van der Waals surface area contributed by atoms with E-state index in [4.69, 9.17) is 0 Å². The number of likely N-dealkylation sites (tertiary alicyclic amines) is 1. The Hall–Kier alpha value is -0.900. The minimum Gasteiger partial charge on any atom is -0.342 e. The van der Waals surface area contributed by atoms with Gasteiger partial charge in [0.15, 0.2) is 0 Å². The molecule has 0 N–H and O–H groups in total. The Labute approximate surface area is 111 Å². The summed E-state index contributed by atoms with van der Waals surface area (Å²) in [5.41, 5.74) is 0.124. The SMILES string of the molecule is O=C(C1C2CCC1(c1nccs1)C2)N1CCCC1. The van der Waals surface area contributed by atoms with Gasteiger partial charge in [-0.15, -0.1) is 11.3 Å². The van der Waals surface area contributed by atoms with Crippen LogP contribution in [0.4, 0.5) is 0 Å². The second-order valence-electron chi connectivity index (χ2n) is 6.01. The minimum absolute atomic E-state index is 0.124. The number of carbonyl (C=O) groups excluding carboxylic acids is 1. The lowest BCUT2D eigenvalue weighted by Gasteiger charge is -2.46. The van der Waals surface area contributed by atoms with Gasteiger partial charge in [0.25, 0.3) is 0 Å². The van der Waals surface area contributed by atoms with Crippen molar-refractivity contribution in [1.82, 2.24) is 9.88 Å². The molecule has 3 nitrogen and oxygen atoms in total. The summed E-state index contributed by atoms with van der Waals surface area (Å²) in [4.78, 5) is 19.3. The third-order valence-electron chi connectivity index (χ3n) is 5.20. The van der Waals surface area contributed by atoms with E-state index in [1.54, 1.807) is 11.3 Å². The average Bonchev–Trinajstić information content (AvgIpc) is 3.13. The van der Waals surface area contributed by atoms with Crippen LogP contribution in [0.1, 0.15) is 37.1 Å². The standard InChI is InChI=1S/C14H18N2OS/c17-12(16-6-1-2-7-16)11-10-3-4-14(11,9-10)13-15-5-8-18-13/h5,8,10-11H,1-4,6-7,9H2. The molecule has 4 fully saturated rings. The highest BCUT2D eigenvalue weighted by Gasteiger charge is 2.64. The predicted octanol–water partition coefficient (Wildman–Crippen LogP) is 2.43. The second-order valence-corrected chi connectivity index (χ2v) is 6.90. The van der Waals surface area contributed by atoms with Crippen molar-refractivity contribution in [1.29, 1.82) is 0 Å². The molecule has 4 heteroatoms. The van der Waals surface area contributed by atoms with Gasteiger partial charge in [-0.25, -0.2) is 4.98 Å². The maximum Gasteiger partial charge on any atom is 0.226 e. The van der Waals surface area contributed by atoms with Crippen molar-refractivity contribution < 1.29 is 4.79 Å². The lowest BCUT2D eigenvalue weighted by Crippen LogP contribution is -2.52. The molecule has 1 aromatic heterocycles. The van der Waals surface area contributed by atoms with Crippen molar-refractivity contribution in [2.75, 3.05) is 13.1 Å². The van der Waals surface area contributed by atoms with Crippen LogP contribution in [0.15, 0.2) is 11.6 Å². The Morgan fingerprint density at radius 3 is 2.94 bits per heavy atom. The summed E-state index contributed by atoms with van der Waals surface area (Å²) in [5, 5.41) is 3.27. The van der Waals surface area contributed by atoms with Crippen molar-refractivity contribution in [2.24, 2.45) is 11.8 Å². The third kappa shape index (κ3) is 1.30. The van der Waals surface area contributed by atoms with Crippen LogP contribution in [0.25, 0.3) is 0 Å². The summed E-state index contributed by atoms with van der Waals surface area (Å²) < 4.78 is 0. The number of rotatable bonds is 2. The fourth-order valence-electron chi connectivity index (χ4n) is 4.34. The Bertz CT molecular complexity index is 462. The summed E-state index contributed by atoms with van der Waals surface area (Å²) in [5.74, 6) is 1.32. The van der Waals surface area contributed by atoms with Gasteiger partial charge in [-0.3, -0.25) is 4.79 Å². The Kier molecular flexibility index (Phi) is 2.31. The van der Waals surface area contributed by atoms with E-state index in [0.717, 1.165) is 13.1 Å². The van der Waals surface area contributed by atoms with E-state index >= 15 is 0 Å². The molecule has 4 aliphatic rings. The van der Waals surface area contributed by atoms with Gasteiger partial charge in [0, 0.05) is 30.1 Å². The fraction of sp³-hybridized carbons (Fsp3) is 0.714. The maximum atomic E-state index is 12.7. The van der Waals surface area contributed by atoms with Gasteiger partial charge in [-0.2, -0.15) is 0 Å². The molecule has 3 aliphatic carbocycles. The molecule has 1 aromatic rings. The van der Waals surface area contributed by atoms with Crippen molar-refractivity contribution in [3.63, 3.8) is 0 Å². The van der Waals surface area contributed by atoms with E-state index in [1.807, 2.05) is 11.6 Å². The minimum atomic E-state index is 0.124. The van der Waals surface area contributed by atoms with Crippen molar-refractivity contribution in [3.8, 4) is 0 Å². The Balaban J connectivity index is 1.63. The molecular formula is C14H18N2OS. The summed E-state index contributed by atoms with van der Waals surface area (Å²) in [6.07, 6.45) is 7.86. The molecule has 0 spiro atoms. The number of hydrogen-bond acceptors (Lipinski definition) is 3. The maximum absolute atomic E-state index is 12.7. The molecule has 0 radical (unpaired) electrons. The van der Waals surface area contributed by atoms with Crippen LogP contribution in [0, 0.1) is 11.8 Å². The highest BCUT2D eigenvalue weighted by Crippen LogP contribution is 2.64. The van der Waals surface area contributed by atoms with E-state index in [2.05, 4.69) is 9.88 Å². The molecule has 0 aromatic carbocycles. The number of carbonyl (C=O) groups is 1. The lowest BCUT2D eigenvalue weighted by atomic mass is 9.60. The predicted molar refractivity (Wildman–Crippen MR) is 70.4 cm³/mol. The molecule has 2 bridgehead atoms. The molecule has 5 rings (SSSR count). The molecule has 3 atom stereocenters. The van der Waals surface area contributed by atoms with Crippen LogP contribution < -0.4 is 0 Å². The Morgan fingerprint density at radius 2 is 2.28 bits per heavy atom. The summed E-state index contributed by atoms with van der Waals surface area (Å²) in [6, 6.07) is 0. The number of amides is 1. The first-order valence-electron chi connectivity index (χ1n) is 7.00. The van der Waals surface area contributed by atoms with E-state index in [9.17, 15) is 4.79 Å². The van der Waals surface area contributed by atoms with Gasteiger partial charge in [0.1, 0.15) is 0 Å². The topological polar surface area (TPSA) is 33.2 Å². The van der Waals surface area contributed by atoms with Crippen LogP contribution in [0.2, 0.25) is 0 Å². The van der Waals surface area contributed by atoms with Gasteiger partial charge in [0.05, 0.1) is 10.9 Å². The number of nitrogens with zero attached hydrogens (tertiary/aromatic N) is 2. The first-order chi connectivity index (χ1) is 8.81. The first kappa shape index (κ1) is 11.0. The molecule has 18 heavy (non-hydrogen) atoms. The number of aromatic nitrogens is 1. The van der Waals surface area contributed by atoms with Crippen LogP contribution in [-0.4, -0.2) is 28.9 Å². The van der Waals surface area contributed by atoms with E-state index in [-0.39, 0.29) is 11.3 Å². The number of thiazole rings is 1. The zero-order valence-corrected chi connectivity index (χ0v) is 11.3. The highest BCUT2D eigenvalue weighted by molar-refractivity contribution is 7.09. The number of fused-ring (bicyclic) bond motifs is 1. The monoisotopic (exact) mass is 262 g/mol. The molecule has 1 aliphatic heterocycles. The first-order valence-corrected chi connectivity index (χ1v) is 7.88. The van der Waals surface area contributed by atoms with E-state index < -0.39 is 0 Å². The van der Waals surface area contributed by atoms with Crippen molar-refractivity contribution in [2.45, 2.75) is 37.5 Å². The lowest BCUT2D eigenvalue weighted by molar-refractivity contribution is -0.142. The quantitative estimate of drug-likeness (QED) is 0.820. The van der Waals surface area contributed by atoms with Crippen molar-refractivity contribution >= 4 is 17.2 Å². The summed E-state index contributed by atoms with van der Waals surface area (Å²) in [7, 11) is 0. The van der Waals surface area contributed by atoms with E-state index in [0.29, 0.717) is 11.8 Å². The zero-order chi connectivity index (χ0) is 12.2. The van der Waals surface area contributed by atoms with Gasteiger partial charge in [0.2, 0.25) is 5.91 Å². The smallest absolute Gasteiger partial charge is 0.226 e. The van der Waals surface area contributed by atoms with Crippen molar-refractivity contribution in [3.05, 3.63) is 16.6 Å². The molecular weight excluding hydrogens is 244 g/mol. The number of hydrogen-bond donors (Lipinski definition) is 0. The molecule has 3 saturated carbocycles. The van der Waals surface area contributed by atoms with Gasteiger partial charge in [-0.05, 0) is 38.0 Å².